The van der Waals surface area contributed by atoms with Gasteiger partial charge < -0.3 is 10.5 Å². The second-order valence-corrected chi connectivity index (χ2v) is 5.14. The number of primary amides is 1. The summed E-state index contributed by atoms with van der Waals surface area (Å²) in [4.78, 5) is 22.6. The number of pyridine rings is 1. The van der Waals surface area contributed by atoms with Crippen LogP contribution in [0, 0.1) is 0 Å². The Bertz CT molecular complexity index is 946. The average molecular weight is 360 g/mol. The molecular weight excluding hydrogens is 349 g/mol. The summed E-state index contributed by atoms with van der Waals surface area (Å²) in [6.07, 6.45) is -1.86. The minimum atomic E-state index is -4.68. The Morgan fingerprint density at radius 1 is 1.04 bits per heavy atom. The molecule has 0 saturated heterocycles. The normalized spacial score (nSPS) is 11.2. The number of alkyl halides is 3. The van der Waals surface area contributed by atoms with Gasteiger partial charge in [0.1, 0.15) is 5.75 Å². The first kappa shape index (κ1) is 17.3. The summed E-state index contributed by atoms with van der Waals surface area (Å²) in [7, 11) is 0. The predicted molar refractivity (Wildman–Crippen MR) is 85.3 cm³/mol. The second-order valence-electron chi connectivity index (χ2n) is 5.14. The molecule has 0 aliphatic heterocycles. The number of hydrogen-bond donors (Lipinski definition) is 1. The van der Waals surface area contributed by atoms with Crippen molar-refractivity contribution in [1.29, 1.82) is 0 Å². The van der Waals surface area contributed by atoms with Crippen LogP contribution in [-0.4, -0.2) is 20.9 Å². The second kappa shape index (κ2) is 6.79. The Labute approximate surface area is 145 Å². The van der Waals surface area contributed by atoms with Crippen LogP contribution < -0.4 is 10.5 Å². The van der Waals surface area contributed by atoms with Gasteiger partial charge in [0.25, 0.3) is 0 Å². The molecular formula is C17H11F3N4O2. The van der Waals surface area contributed by atoms with Gasteiger partial charge in [0.05, 0.1) is 0 Å². The molecule has 0 fully saturated rings. The zero-order valence-electron chi connectivity index (χ0n) is 13.1. The standard InChI is InChI=1S/C17H11F3N4O2/c18-17(19,20)13-9-14(24-16(23-13)10-4-6-22-7-5-10)26-12-3-1-2-11(8-12)15(21)25/h1-9H,(H2,21,25). The fourth-order valence-electron chi connectivity index (χ4n) is 2.09. The number of hydrogen-bond acceptors (Lipinski definition) is 5. The van der Waals surface area contributed by atoms with E-state index in [1.54, 1.807) is 0 Å². The Balaban J connectivity index is 2.04. The molecule has 1 amide bonds. The van der Waals surface area contributed by atoms with Gasteiger partial charge in [-0.25, -0.2) is 4.98 Å². The first-order valence-corrected chi connectivity index (χ1v) is 7.27. The molecule has 0 bridgehead atoms. The third-order valence-electron chi connectivity index (χ3n) is 3.27. The number of amides is 1. The van der Waals surface area contributed by atoms with Crippen LogP contribution in [0.4, 0.5) is 13.2 Å². The molecule has 26 heavy (non-hydrogen) atoms. The molecule has 2 heterocycles. The van der Waals surface area contributed by atoms with E-state index >= 15 is 0 Å². The highest BCUT2D eigenvalue weighted by Gasteiger charge is 2.34. The number of benzene rings is 1. The molecule has 2 N–H and O–H groups in total. The van der Waals surface area contributed by atoms with Crippen LogP contribution in [0.1, 0.15) is 16.1 Å². The highest BCUT2D eigenvalue weighted by atomic mass is 19.4. The molecule has 6 nitrogen and oxygen atoms in total. The van der Waals surface area contributed by atoms with Crippen molar-refractivity contribution in [1.82, 2.24) is 15.0 Å². The number of halogens is 3. The highest BCUT2D eigenvalue weighted by Crippen LogP contribution is 2.32. The summed E-state index contributed by atoms with van der Waals surface area (Å²) in [5, 5.41) is 0. The van der Waals surface area contributed by atoms with Crippen LogP contribution in [0.2, 0.25) is 0 Å². The number of ether oxygens (including phenoxy) is 1. The topological polar surface area (TPSA) is 91.0 Å². The third kappa shape index (κ3) is 3.94. The van der Waals surface area contributed by atoms with Gasteiger partial charge in [0.2, 0.25) is 11.8 Å². The summed E-state index contributed by atoms with van der Waals surface area (Å²) >= 11 is 0. The van der Waals surface area contributed by atoms with E-state index in [1.807, 2.05) is 0 Å². The van der Waals surface area contributed by atoms with Gasteiger partial charge in [-0.1, -0.05) is 6.07 Å². The van der Waals surface area contributed by atoms with E-state index < -0.39 is 17.8 Å². The Kier molecular flexibility index (Phi) is 4.53. The lowest BCUT2D eigenvalue weighted by atomic mass is 10.2. The molecule has 0 aliphatic rings. The summed E-state index contributed by atoms with van der Waals surface area (Å²) in [5.41, 5.74) is 4.53. The molecule has 3 rings (SSSR count). The minimum Gasteiger partial charge on any atom is -0.439 e. The van der Waals surface area contributed by atoms with Crippen molar-refractivity contribution in [3.8, 4) is 23.0 Å². The van der Waals surface area contributed by atoms with Crippen molar-refractivity contribution >= 4 is 5.91 Å². The smallest absolute Gasteiger partial charge is 0.433 e. The van der Waals surface area contributed by atoms with E-state index in [0.29, 0.717) is 11.6 Å². The highest BCUT2D eigenvalue weighted by molar-refractivity contribution is 5.93. The van der Waals surface area contributed by atoms with Gasteiger partial charge in [-0.3, -0.25) is 9.78 Å². The van der Waals surface area contributed by atoms with E-state index in [1.165, 1.54) is 48.8 Å². The number of carbonyl (C=O) groups excluding carboxylic acids is 1. The van der Waals surface area contributed by atoms with Crippen molar-refractivity contribution < 1.29 is 22.7 Å². The first-order valence-electron chi connectivity index (χ1n) is 7.27. The van der Waals surface area contributed by atoms with Crippen molar-refractivity contribution in [3.05, 3.63) is 66.1 Å². The number of nitrogens with zero attached hydrogens (tertiary/aromatic N) is 3. The molecule has 0 radical (unpaired) electrons. The van der Waals surface area contributed by atoms with Crippen LogP contribution in [0.3, 0.4) is 0 Å². The molecule has 0 aliphatic carbocycles. The number of nitrogens with two attached hydrogens (primary N) is 1. The number of aromatic nitrogens is 3. The van der Waals surface area contributed by atoms with Gasteiger partial charge in [0, 0.05) is 29.6 Å². The molecule has 0 spiro atoms. The van der Waals surface area contributed by atoms with Crippen molar-refractivity contribution in [2.45, 2.75) is 6.18 Å². The van der Waals surface area contributed by atoms with Gasteiger partial charge in [-0.2, -0.15) is 18.2 Å². The van der Waals surface area contributed by atoms with Gasteiger partial charge in [-0.05, 0) is 30.3 Å². The largest absolute Gasteiger partial charge is 0.439 e. The van der Waals surface area contributed by atoms with Gasteiger partial charge in [0.15, 0.2) is 11.5 Å². The van der Waals surface area contributed by atoms with Crippen molar-refractivity contribution in [2.24, 2.45) is 5.73 Å². The quantitative estimate of drug-likeness (QED) is 0.769. The van der Waals surface area contributed by atoms with Crippen LogP contribution in [0.5, 0.6) is 11.6 Å². The maximum Gasteiger partial charge on any atom is 0.433 e. The van der Waals surface area contributed by atoms with E-state index in [4.69, 9.17) is 10.5 Å². The Morgan fingerprint density at radius 2 is 1.77 bits per heavy atom. The summed E-state index contributed by atoms with van der Waals surface area (Å²) in [6.45, 7) is 0. The fourth-order valence-corrected chi connectivity index (χ4v) is 2.09. The van der Waals surface area contributed by atoms with Crippen molar-refractivity contribution in [2.75, 3.05) is 0 Å². The SMILES string of the molecule is NC(=O)c1cccc(Oc2cc(C(F)(F)F)nc(-c3ccncc3)n2)c1. The zero-order chi connectivity index (χ0) is 18.7. The number of carbonyl (C=O) groups is 1. The fraction of sp³-hybridized carbons (Fsp3) is 0.0588. The molecule has 3 aromatic rings. The molecule has 0 unspecified atom stereocenters. The van der Waals surface area contributed by atoms with E-state index in [9.17, 15) is 18.0 Å². The van der Waals surface area contributed by atoms with E-state index in [-0.39, 0.29) is 23.0 Å². The van der Waals surface area contributed by atoms with Gasteiger partial charge >= 0.3 is 6.18 Å². The lowest BCUT2D eigenvalue weighted by Gasteiger charge is -2.11. The monoisotopic (exact) mass is 360 g/mol. The summed E-state index contributed by atoms with van der Waals surface area (Å²) < 4.78 is 44.9. The summed E-state index contributed by atoms with van der Waals surface area (Å²) in [5.74, 6) is -1.05. The first-order chi connectivity index (χ1) is 12.3. The average Bonchev–Trinajstić information content (AvgIpc) is 2.61. The van der Waals surface area contributed by atoms with Crippen molar-refractivity contribution in [3.63, 3.8) is 0 Å². The molecule has 9 heteroatoms. The minimum absolute atomic E-state index is 0.119. The van der Waals surface area contributed by atoms with Crippen LogP contribution >= 0.6 is 0 Å². The molecule has 132 valence electrons. The Morgan fingerprint density at radius 3 is 2.42 bits per heavy atom. The van der Waals surface area contributed by atoms with Crippen LogP contribution in [0.15, 0.2) is 54.9 Å². The number of rotatable bonds is 4. The van der Waals surface area contributed by atoms with Crippen LogP contribution in [0.25, 0.3) is 11.4 Å². The third-order valence-corrected chi connectivity index (χ3v) is 3.27. The zero-order valence-corrected chi connectivity index (χ0v) is 13.1. The maximum absolute atomic E-state index is 13.2. The van der Waals surface area contributed by atoms with E-state index in [0.717, 1.165) is 0 Å². The lowest BCUT2D eigenvalue weighted by Crippen LogP contribution is -2.11. The molecule has 1 aromatic carbocycles. The maximum atomic E-state index is 13.2. The lowest BCUT2D eigenvalue weighted by molar-refractivity contribution is -0.141. The summed E-state index contributed by atoms with van der Waals surface area (Å²) in [6, 6.07) is 9.36. The van der Waals surface area contributed by atoms with Gasteiger partial charge in [-0.15, -0.1) is 0 Å². The predicted octanol–water partition coefficient (Wildman–Crippen LogP) is 3.45. The molecule has 0 saturated carbocycles. The van der Waals surface area contributed by atoms with Crippen LogP contribution in [-0.2, 0) is 6.18 Å². The molecule has 2 aromatic heterocycles. The molecule has 0 atom stereocenters. The van der Waals surface area contributed by atoms with E-state index in [2.05, 4.69) is 15.0 Å². The Hall–Kier alpha value is -3.49.